The van der Waals surface area contributed by atoms with Gasteiger partial charge in [0.25, 0.3) is 0 Å². The maximum absolute atomic E-state index is 11.8. The molecule has 0 radical (unpaired) electrons. The number of benzene rings is 1. The number of fused-ring (bicyclic) bond motifs is 3. The standard InChI is InChI=1S/C10H9N3O3/c1-5-6(2)12(14)7-3-4-8-10(9(5)7)11-16-13(8)15/h3-4,15H,1-2H3. The third-order valence-corrected chi connectivity index (χ3v) is 2.99. The van der Waals surface area contributed by atoms with Crippen molar-refractivity contribution in [1.82, 2.24) is 10.1 Å². The fourth-order valence-electron chi connectivity index (χ4n) is 1.99. The molecule has 2 heterocycles. The fourth-order valence-corrected chi connectivity index (χ4v) is 1.99. The topological polar surface area (TPSA) is 78.1 Å². The van der Waals surface area contributed by atoms with Crippen molar-refractivity contribution in [2.45, 2.75) is 13.8 Å². The molecule has 3 aromatic rings. The molecular formula is C10H9N3O3. The first-order valence-electron chi connectivity index (χ1n) is 4.80. The zero-order valence-electron chi connectivity index (χ0n) is 8.76. The number of aromatic nitrogens is 3. The van der Waals surface area contributed by atoms with Crippen LogP contribution in [0.25, 0.3) is 21.9 Å². The largest absolute Gasteiger partial charge is 0.618 e. The summed E-state index contributed by atoms with van der Waals surface area (Å²) in [7, 11) is 0. The third kappa shape index (κ3) is 0.861. The molecule has 0 bridgehead atoms. The van der Waals surface area contributed by atoms with Crippen LogP contribution in [0.5, 0.6) is 0 Å². The summed E-state index contributed by atoms with van der Waals surface area (Å²) in [6.45, 7) is 3.60. The number of nitrogens with zero attached hydrogens (tertiary/aromatic N) is 3. The van der Waals surface area contributed by atoms with E-state index in [2.05, 4.69) is 9.79 Å². The van der Waals surface area contributed by atoms with Crippen molar-refractivity contribution in [3.8, 4) is 0 Å². The molecule has 1 N–H and O–H groups in total. The Bertz CT molecular complexity index is 711. The first kappa shape index (κ1) is 9.02. The predicted molar refractivity (Wildman–Crippen MR) is 55.1 cm³/mol. The minimum absolute atomic E-state index is 0.446. The lowest BCUT2D eigenvalue weighted by molar-refractivity contribution is -0.581. The molecule has 0 aliphatic heterocycles. The SMILES string of the molecule is Cc1c(C)[n+]([O-])c2ccc3c(non3O)c12. The van der Waals surface area contributed by atoms with Gasteiger partial charge in [-0.2, -0.15) is 4.73 Å². The van der Waals surface area contributed by atoms with Crippen molar-refractivity contribution in [2.75, 3.05) is 0 Å². The van der Waals surface area contributed by atoms with Gasteiger partial charge in [-0.15, -0.1) is 0 Å². The molecular weight excluding hydrogens is 210 g/mol. The van der Waals surface area contributed by atoms with Crippen LogP contribution >= 0.6 is 0 Å². The number of hydrogen-bond acceptors (Lipinski definition) is 4. The quantitative estimate of drug-likeness (QED) is 0.351. The molecule has 0 saturated heterocycles. The van der Waals surface area contributed by atoms with Crippen LogP contribution < -0.4 is 4.73 Å². The van der Waals surface area contributed by atoms with Crippen molar-refractivity contribution in [3.05, 3.63) is 28.6 Å². The normalized spacial score (nSPS) is 11.6. The number of rotatable bonds is 0. The van der Waals surface area contributed by atoms with Gasteiger partial charge in [-0.25, -0.2) is 4.63 Å². The Labute approximate surface area is 89.8 Å². The lowest BCUT2D eigenvalue weighted by Gasteiger charge is -1.94. The lowest BCUT2D eigenvalue weighted by atomic mass is 10.1. The molecule has 6 heteroatoms. The minimum Gasteiger partial charge on any atom is -0.618 e. The Morgan fingerprint density at radius 2 is 2.19 bits per heavy atom. The van der Waals surface area contributed by atoms with Crippen LogP contribution in [0.3, 0.4) is 0 Å². The number of hydrogen-bond donors (Lipinski definition) is 1. The second kappa shape index (κ2) is 2.66. The third-order valence-electron chi connectivity index (χ3n) is 2.99. The Morgan fingerprint density at radius 1 is 1.44 bits per heavy atom. The van der Waals surface area contributed by atoms with Gasteiger partial charge >= 0.3 is 0 Å². The van der Waals surface area contributed by atoms with Crippen LogP contribution in [-0.4, -0.2) is 15.3 Å². The van der Waals surface area contributed by atoms with Gasteiger partial charge in [0.05, 0.1) is 5.39 Å². The molecule has 3 rings (SSSR count). The molecule has 2 aromatic heterocycles. The molecule has 0 aliphatic carbocycles. The predicted octanol–water partition coefficient (Wildman–Crippen LogP) is 1.27. The van der Waals surface area contributed by atoms with Crippen LogP contribution in [0.2, 0.25) is 0 Å². The summed E-state index contributed by atoms with van der Waals surface area (Å²) in [5, 5.41) is 25.6. The highest BCUT2D eigenvalue weighted by atomic mass is 16.8. The van der Waals surface area contributed by atoms with Crippen LogP contribution in [0, 0.1) is 19.1 Å². The monoisotopic (exact) mass is 219 g/mol. The summed E-state index contributed by atoms with van der Waals surface area (Å²) in [6.07, 6.45) is 0. The van der Waals surface area contributed by atoms with E-state index in [1.54, 1.807) is 19.1 Å². The van der Waals surface area contributed by atoms with E-state index < -0.39 is 0 Å². The van der Waals surface area contributed by atoms with Gasteiger partial charge in [0, 0.05) is 18.6 Å². The van der Waals surface area contributed by atoms with Crippen molar-refractivity contribution in [2.24, 2.45) is 0 Å². The first-order chi connectivity index (χ1) is 7.61. The zero-order valence-corrected chi connectivity index (χ0v) is 8.76. The van der Waals surface area contributed by atoms with Gasteiger partial charge in [0.2, 0.25) is 5.52 Å². The highest BCUT2D eigenvalue weighted by molar-refractivity contribution is 6.03. The van der Waals surface area contributed by atoms with Crippen LogP contribution in [0.1, 0.15) is 11.3 Å². The molecule has 16 heavy (non-hydrogen) atoms. The molecule has 0 fully saturated rings. The Hall–Kier alpha value is -2.24. The second-order valence-corrected chi connectivity index (χ2v) is 3.78. The van der Waals surface area contributed by atoms with Crippen LogP contribution in [-0.2, 0) is 0 Å². The average Bonchev–Trinajstić information content (AvgIpc) is 2.75. The molecule has 0 spiro atoms. The van der Waals surface area contributed by atoms with E-state index in [9.17, 15) is 10.4 Å². The van der Waals surface area contributed by atoms with Gasteiger partial charge in [0.1, 0.15) is 0 Å². The lowest BCUT2D eigenvalue weighted by Crippen LogP contribution is -2.27. The van der Waals surface area contributed by atoms with Crippen molar-refractivity contribution < 1.29 is 14.6 Å². The molecule has 0 unspecified atom stereocenters. The zero-order chi connectivity index (χ0) is 11.4. The van der Waals surface area contributed by atoms with E-state index >= 15 is 0 Å². The molecule has 0 saturated carbocycles. The minimum atomic E-state index is 0.446. The van der Waals surface area contributed by atoms with Crippen molar-refractivity contribution >= 4 is 21.9 Å². The molecule has 6 nitrogen and oxygen atoms in total. The van der Waals surface area contributed by atoms with E-state index in [-0.39, 0.29) is 0 Å². The summed E-state index contributed by atoms with van der Waals surface area (Å²) < 4.78 is 5.50. The van der Waals surface area contributed by atoms with E-state index in [4.69, 9.17) is 0 Å². The van der Waals surface area contributed by atoms with Gasteiger partial charge < -0.3 is 10.4 Å². The van der Waals surface area contributed by atoms with E-state index in [0.29, 0.717) is 27.1 Å². The second-order valence-electron chi connectivity index (χ2n) is 3.78. The fraction of sp³-hybridized carbons (Fsp3) is 0.200. The smallest absolute Gasteiger partial charge is 0.226 e. The van der Waals surface area contributed by atoms with Crippen LogP contribution in [0.15, 0.2) is 16.8 Å². The highest BCUT2D eigenvalue weighted by Gasteiger charge is 2.21. The van der Waals surface area contributed by atoms with Gasteiger partial charge in [-0.1, -0.05) is 0 Å². The number of aryl methyl sites for hydroxylation is 1. The molecule has 0 atom stereocenters. The van der Waals surface area contributed by atoms with Gasteiger partial charge in [-0.05, 0) is 23.0 Å². The average molecular weight is 219 g/mol. The molecule has 82 valence electrons. The van der Waals surface area contributed by atoms with Crippen molar-refractivity contribution in [3.63, 3.8) is 0 Å². The van der Waals surface area contributed by atoms with Gasteiger partial charge in [0.15, 0.2) is 16.7 Å². The van der Waals surface area contributed by atoms with E-state index in [1.807, 2.05) is 6.92 Å². The maximum Gasteiger partial charge on any atom is 0.226 e. The summed E-state index contributed by atoms with van der Waals surface area (Å²) >= 11 is 0. The summed E-state index contributed by atoms with van der Waals surface area (Å²) in [4.78, 5) is 0.589. The molecule has 0 aliphatic rings. The summed E-state index contributed by atoms with van der Waals surface area (Å²) in [6, 6.07) is 3.25. The van der Waals surface area contributed by atoms with Crippen molar-refractivity contribution in [1.29, 1.82) is 0 Å². The molecule has 0 amide bonds. The Kier molecular flexibility index (Phi) is 1.50. The Morgan fingerprint density at radius 3 is 2.94 bits per heavy atom. The first-order valence-corrected chi connectivity index (χ1v) is 4.80. The van der Waals surface area contributed by atoms with Gasteiger partial charge in [-0.3, -0.25) is 0 Å². The summed E-state index contributed by atoms with van der Waals surface area (Å²) in [5.41, 5.74) is 2.97. The maximum atomic E-state index is 11.8. The Balaban J connectivity index is 2.65. The molecule has 1 aromatic carbocycles. The van der Waals surface area contributed by atoms with Crippen LogP contribution in [0.4, 0.5) is 0 Å². The highest BCUT2D eigenvalue weighted by Crippen LogP contribution is 2.26. The summed E-state index contributed by atoms with van der Waals surface area (Å²) in [5.74, 6) is 0. The van der Waals surface area contributed by atoms with E-state index in [1.165, 1.54) is 0 Å². The van der Waals surface area contributed by atoms with E-state index in [0.717, 1.165) is 15.7 Å².